The van der Waals surface area contributed by atoms with E-state index < -0.39 is 8.07 Å². The van der Waals surface area contributed by atoms with E-state index in [4.69, 9.17) is 0 Å². The Morgan fingerprint density at radius 2 is 1.76 bits per heavy atom. The van der Waals surface area contributed by atoms with Crippen molar-refractivity contribution in [1.82, 2.24) is 0 Å². The lowest BCUT2D eigenvalue weighted by Crippen LogP contribution is -2.37. The summed E-state index contributed by atoms with van der Waals surface area (Å²) in [6.45, 7) is 7.17. The van der Waals surface area contributed by atoms with Gasteiger partial charge in [-0.15, -0.1) is 23.1 Å². The zero-order valence-corrected chi connectivity index (χ0v) is 13.2. The van der Waals surface area contributed by atoms with Crippen molar-refractivity contribution in [2.45, 2.75) is 29.6 Å². The largest absolute Gasteiger partial charge is 0.137 e. The molecule has 0 saturated carbocycles. The normalized spacial score (nSPS) is 11.7. The number of hydrogen-bond donors (Lipinski definition) is 0. The first-order valence-corrected chi connectivity index (χ1v) is 11.2. The van der Waals surface area contributed by atoms with E-state index in [2.05, 4.69) is 61.4 Å². The third-order valence-electron chi connectivity index (χ3n) is 2.70. The van der Waals surface area contributed by atoms with Crippen molar-refractivity contribution >= 4 is 36.4 Å². The van der Waals surface area contributed by atoms with Crippen molar-refractivity contribution in [3.05, 3.63) is 47.3 Å². The van der Waals surface area contributed by atoms with E-state index in [1.54, 1.807) is 5.19 Å². The topological polar surface area (TPSA) is 0 Å². The highest BCUT2D eigenvalue weighted by Crippen LogP contribution is 2.26. The van der Waals surface area contributed by atoms with Crippen LogP contribution in [0.3, 0.4) is 0 Å². The fraction of sp³-hybridized carbons (Fsp3) is 0.286. The van der Waals surface area contributed by atoms with Crippen LogP contribution in [-0.2, 0) is 5.75 Å². The summed E-state index contributed by atoms with van der Waals surface area (Å²) < 4.78 is 1.40. The SMILES string of the molecule is C[Si](C)(C)c1ccc(CSc2cccs2)cc1. The fourth-order valence-electron chi connectivity index (χ4n) is 1.60. The quantitative estimate of drug-likeness (QED) is 0.582. The zero-order chi connectivity index (χ0) is 12.3. The summed E-state index contributed by atoms with van der Waals surface area (Å²) in [7, 11) is -1.14. The van der Waals surface area contributed by atoms with Gasteiger partial charge in [-0.1, -0.05) is 55.2 Å². The predicted molar refractivity (Wildman–Crippen MR) is 83.3 cm³/mol. The molecule has 1 heterocycles. The Hall–Kier alpha value is -0.513. The van der Waals surface area contributed by atoms with Crippen LogP contribution in [0.4, 0.5) is 0 Å². The highest BCUT2D eigenvalue weighted by Gasteiger charge is 2.15. The third-order valence-corrected chi connectivity index (χ3v) is 6.96. The maximum absolute atomic E-state index is 2.39. The van der Waals surface area contributed by atoms with E-state index >= 15 is 0 Å². The van der Waals surface area contributed by atoms with Gasteiger partial charge in [-0.05, 0) is 17.0 Å². The molecular formula is C14H18S2Si. The maximum atomic E-state index is 2.39. The molecule has 0 aliphatic carbocycles. The first-order chi connectivity index (χ1) is 8.05. The molecule has 0 saturated heterocycles. The van der Waals surface area contributed by atoms with Crippen molar-refractivity contribution in [1.29, 1.82) is 0 Å². The van der Waals surface area contributed by atoms with Gasteiger partial charge >= 0.3 is 0 Å². The van der Waals surface area contributed by atoms with E-state index in [-0.39, 0.29) is 0 Å². The number of thioether (sulfide) groups is 1. The first-order valence-electron chi connectivity index (χ1n) is 5.81. The Morgan fingerprint density at radius 1 is 1.06 bits per heavy atom. The van der Waals surface area contributed by atoms with Crippen molar-refractivity contribution in [2.24, 2.45) is 0 Å². The Labute approximate surface area is 113 Å². The van der Waals surface area contributed by atoms with Crippen molar-refractivity contribution in [2.75, 3.05) is 0 Å². The van der Waals surface area contributed by atoms with Crippen LogP contribution in [0.15, 0.2) is 46.0 Å². The molecule has 0 amide bonds. The smallest absolute Gasteiger partial charge is 0.0775 e. The molecule has 0 aliphatic rings. The van der Waals surface area contributed by atoms with E-state index in [0.29, 0.717) is 0 Å². The zero-order valence-electron chi connectivity index (χ0n) is 10.6. The lowest BCUT2D eigenvalue weighted by Gasteiger charge is -2.16. The second kappa shape index (κ2) is 5.42. The summed E-state index contributed by atoms with van der Waals surface area (Å²) in [5, 5.41) is 3.68. The lowest BCUT2D eigenvalue weighted by molar-refractivity contribution is 1.42. The van der Waals surface area contributed by atoms with Crippen molar-refractivity contribution in [3.63, 3.8) is 0 Å². The average molecular weight is 279 g/mol. The Morgan fingerprint density at radius 3 is 2.29 bits per heavy atom. The van der Waals surface area contributed by atoms with Gasteiger partial charge < -0.3 is 0 Å². The van der Waals surface area contributed by atoms with Gasteiger partial charge in [-0.2, -0.15) is 0 Å². The molecular weight excluding hydrogens is 260 g/mol. The minimum Gasteiger partial charge on any atom is -0.137 e. The molecule has 90 valence electrons. The summed E-state index contributed by atoms with van der Waals surface area (Å²) >= 11 is 3.74. The van der Waals surface area contributed by atoms with E-state index in [0.717, 1.165) is 5.75 Å². The summed E-state index contributed by atoms with van der Waals surface area (Å²) in [6.07, 6.45) is 0. The molecule has 3 heteroatoms. The van der Waals surface area contributed by atoms with Gasteiger partial charge in [0.2, 0.25) is 0 Å². The Balaban J connectivity index is 1.99. The molecule has 0 aliphatic heterocycles. The molecule has 1 aromatic carbocycles. The highest BCUT2D eigenvalue weighted by molar-refractivity contribution is 8.00. The van der Waals surface area contributed by atoms with Gasteiger partial charge in [0.05, 0.1) is 12.3 Å². The number of rotatable bonds is 4. The lowest BCUT2D eigenvalue weighted by atomic mass is 10.2. The van der Waals surface area contributed by atoms with Gasteiger partial charge in [-0.3, -0.25) is 0 Å². The van der Waals surface area contributed by atoms with Crippen LogP contribution in [0, 0.1) is 0 Å². The standard InChI is InChI=1S/C14H18S2Si/c1-17(2,3)13-8-6-12(7-9-13)11-16-14-5-4-10-15-14/h4-10H,11H2,1-3H3. The molecule has 2 aromatic rings. The second-order valence-corrected chi connectivity index (χ2v) is 12.5. The molecule has 0 fully saturated rings. The van der Waals surface area contributed by atoms with E-state index in [1.165, 1.54) is 9.77 Å². The van der Waals surface area contributed by atoms with Crippen LogP contribution in [-0.4, -0.2) is 8.07 Å². The molecule has 0 nitrogen and oxygen atoms in total. The summed E-state index contributed by atoms with van der Waals surface area (Å²) in [4.78, 5) is 0. The van der Waals surface area contributed by atoms with Crippen LogP contribution < -0.4 is 5.19 Å². The molecule has 17 heavy (non-hydrogen) atoms. The molecule has 0 N–H and O–H groups in total. The maximum Gasteiger partial charge on any atom is 0.0775 e. The number of hydrogen-bond acceptors (Lipinski definition) is 2. The number of thiophene rings is 1. The van der Waals surface area contributed by atoms with Crippen LogP contribution in [0.1, 0.15) is 5.56 Å². The van der Waals surface area contributed by atoms with Crippen LogP contribution in [0.5, 0.6) is 0 Å². The van der Waals surface area contributed by atoms with Crippen LogP contribution >= 0.6 is 23.1 Å². The monoisotopic (exact) mass is 278 g/mol. The molecule has 0 unspecified atom stereocenters. The summed E-state index contributed by atoms with van der Waals surface area (Å²) in [5.74, 6) is 1.08. The molecule has 0 radical (unpaired) electrons. The van der Waals surface area contributed by atoms with Gasteiger partial charge in [0.25, 0.3) is 0 Å². The van der Waals surface area contributed by atoms with Crippen LogP contribution in [0.25, 0.3) is 0 Å². The van der Waals surface area contributed by atoms with E-state index in [9.17, 15) is 0 Å². The predicted octanol–water partition coefficient (Wildman–Crippen LogP) is 4.59. The van der Waals surface area contributed by atoms with Gasteiger partial charge in [0, 0.05) is 5.75 Å². The third kappa shape index (κ3) is 3.73. The molecule has 0 bridgehead atoms. The van der Waals surface area contributed by atoms with Gasteiger partial charge in [0.1, 0.15) is 0 Å². The molecule has 0 spiro atoms. The molecule has 0 atom stereocenters. The first kappa shape index (κ1) is 12.9. The Kier molecular flexibility index (Phi) is 4.12. The second-order valence-electron chi connectivity index (χ2n) is 5.17. The Bertz CT molecular complexity index is 452. The van der Waals surface area contributed by atoms with Crippen molar-refractivity contribution in [3.8, 4) is 0 Å². The molecule has 1 aromatic heterocycles. The summed E-state index contributed by atoms with van der Waals surface area (Å²) in [6, 6.07) is 13.5. The highest BCUT2D eigenvalue weighted by atomic mass is 32.2. The minimum absolute atomic E-state index is 1.08. The van der Waals surface area contributed by atoms with Gasteiger partial charge in [0.15, 0.2) is 0 Å². The van der Waals surface area contributed by atoms with Crippen LogP contribution in [0.2, 0.25) is 19.6 Å². The summed E-state index contributed by atoms with van der Waals surface area (Å²) in [5.41, 5.74) is 1.42. The van der Waals surface area contributed by atoms with Crippen molar-refractivity contribution < 1.29 is 0 Å². The van der Waals surface area contributed by atoms with Gasteiger partial charge in [-0.25, -0.2) is 0 Å². The average Bonchev–Trinajstić information content (AvgIpc) is 2.78. The molecule has 2 rings (SSSR count). The minimum atomic E-state index is -1.14. The van der Waals surface area contributed by atoms with E-state index in [1.807, 2.05) is 23.1 Å². The number of benzene rings is 1. The fourth-order valence-corrected chi connectivity index (χ4v) is 4.51.